The number of hydroxylamine groups is 1. The smallest absolute Gasteiger partial charge is 0.137 e. The van der Waals surface area contributed by atoms with Crippen LogP contribution in [-0.2, 0) is 4.84 Å². The van der Waals surface area contributed by atoms with Crippen molar-refractivity contribution in [1.82, 2.24) is 20.4 Å². The van der Waals surface area contributed by atoms with Gasteiger partial charge in [-0.3, -0.25) is 0 Å². The second-order valence-corrected chi connectivity index (χ2v) is 1.59. The Hall–Kier alpha value is -1.98. The van der Waals surface area contributed by atoms with Crippen LogP contribution in [0.25, 0.3) is 0 Å². The van der Waals surface area contributed by atoms with Crippen LogP contribution in [0, 0.1) is 0 Å². The summed E-state index contributed by atoms with van der Waals surface area (Å²) in [5, 5.41) is 0. The van der Waals surface area contributed by atoms with Crippen LogP contribution in [0.1, 0.15) is 0 Å². The molecule has 0 saturated heterocycles. The fourth-order valence-corrected chi connectivity index (χ4v) is 0.414. The van der Waals surface area contributed by atoms with Crippen molar-refractivity contribution in [2.45, 2.75) is 0 Å². The summed E-state index contributed by atoms with van der Waals surface area (Å²) in [4.78, 5) is 18.8. The highest BCUT2D eigenvalue weighted by molar-refractivity contribution is 5.54. The zero-order valence-electron chi connectivity index (χ0n) is 6.16. The minimum absolute atomic E-state index is 1.44. The summed E-state index contributed by atoms with van der Waals surface area (Å²) in [6.07, 6.45) is 8.78. The maximum atomic E-state index is 4.49. The number of rotatable bonds is 0. The molecule has 0 bridgehead atoms. The van der Waals surface area contributed by atoms with Crippen LogP contribution < -0.4 is 5.48 Å². The summed E-state index contributed by atoms with van der Waals surface area (Å²) in [5.74, 6) is 0. The number of hydrogen-bond donors (Lipinski definition) is 1. The molecule has 62 valence electrons. The number of nitrogens with one attached hydrogen (secondary N) is 1. The first-order valence-electron chi connectivity index (χ1n) is 3.13. The van der Waals surface area contributed by atoms with E-state index in [2.05, 4.69) is 30.3 Å². The quantitative estimate of drug-likeness (QED) is 0.580. The van der Waals surface area contributed by atoms with Gasteiger partial charge in [-0.1, -0.05) is 0 Å². The molecule has 0 unspecified atom stereocenters. The lowest BCUT2D eigenvalue weighted by molar-refractivity contribution is 0.193. The highest BCUT2D eigenvalue weighted by atomic mass is 16.6. The molecule has 1 N–H and O–H groups in total. The molecule has 0 saturated carbocycles. The monoisotopic (exact) mass is 165 g/mol. The molecular formula is C6H7N5O. The maximum absolute atomic E-state index is 4.49. The van der Waals surface area contributed by atoms with Gasteiger partial charge in [-0.25, -0.2) is 25.4 Å². The number of nitrogens with zero attached hydrogens (tertiary/aromatic N) is 4. The molecule has 1 aromatic heterocycles. The van der Waals surface area contributed by atoms with E-state index in [0.717, 1.165) is 0 Å². The van der Waals surface area contributed by atoms with E-state index in [1.165, 1.54) is 31.6 Å². The van der Waals surface area contributed by atoms with Crippen LogP contribution >= 0.6 is 0 Å². The average Bonchev–Trinajstić information content (AvgIpc) is 2.24. The molecular weight excluding hydrogens is 158 g/mol. The summed E-state index contributed by atoms with van der Waals surface area (Å²) in [6, 6.07) is 0. The fraction of sp³-hybridized carbons (Fsp3) is 0. The first-order chi connectivity index (χ1) is 6.00. The molecule has 0 atom stereocenters. The van der Waals surface area contributed by atoms with Gasteiger partial charge in [-0.2, -0.15) is 0 Å². The Morgan fingerprint density at radius 3 is 1.83 bits per heavy atom. The van der Waals surface area contributed by atoms with E-state index >= 15 is 0 Å². The normalized spacial score (nSPS) is 12.0. The predicted octanol–water partition coefficient (Wildman–Crippen LogP) is -0.108. The summed E-state index contributed by atoms with van der Waals surface area (Å²) in [5.41, 5.74) is 2.41. The zero-order valence-corrected chi connectivity index (χ0v) is 6.16. The van der Waals surface area contributed by atoms with Gasteiger partial charge in [0.1, 0.15) is 31.6 Å². The minimum Gasteiger partial charge on any atom is -0.387 e. The maximum Gasteiger partial charge on any atom is 0.137 e. The van der Waals surface area contributed by atoms with Gasteiger partial charge in [0.15, 0.2) is 0 Å². The second kappa shape index (κ2) is 5.78. The van der Waals surface area contributed by atoms with Crippen LogP contribution in [0.15, 0.2) is 36.4 Å². The number of hydrogen-bond acceptors (Lipinski definition) is 6. The Labute approximate surface area is 69.0 Å². The Morgan fingerprint density at radius 2 is 1.67 bits per heavy atom. The highest BCUT2D eigenvalue weighted by Crippen LogP contribution is 1.76. The largest absolute Gasteiger partial charge is 0.387 e. The third-order valence-corrected chi connectivity index (χ3v) is 0.810. The molecule has 6 heteroatoms. The van der Waals surface area contributed by atoms with Gasteiger partial charge in [0.25, 0.3) is 0 Å². The molecule has 0 aliphatic carbocycles. The van der Waals surface area contributed by atoms with E-state index in [-0.39, 0.29) is 0 Å². The summed E-state index contributed by atoms with van der Waals surface area (Å²) < 4.78 is 0. The van der Waals surface area contributed by atoms with Crippen molar-refractivity contribution in [3.63, 3.8) is 0 Å². The molecule has 0 fully saturated rings. The SMILES string of the molecule is C1=CONC=N1.c1ncncn1. The van der Waals surface area contributed by atoms with Gasteiger partial charge in [0, 0.05) is 0 Å². The van der Waals surface area contributed by atoms with Crippen LogP contribution in [0.3, 0.4) is 0 Å². The molecule has 1 aliphatic heterocycles. The van der Waals surface area contributed by atoms with Crippen molar-refractivity contribution in [2.75, 3.05) is 0 Å². The van der Waals surface area contributed by atoms with E-state index in [0.29, 0.717) is 0 Å². The molecule has 1 aromatic rings. The van der Waals surface area contributed by atoms with Crippen molar-refractivity contribution >= 4 is 6.34 Å². The van der Waals surface area contributed by atoms with Gasteiger partial charge in [0.05, 0.1) is 6.20 Å². The van der Waals surface area contributed by atoms with Crippen molar-refractivity contribution in [2.24, 2.45) is 4.99 Å². The molecule has 0 amide bonds. The van der Waals surface area contributed by atoms with Crippen LogP contribution in [0.2, 0.25) is 0 Å². The topological polar surface area (TPSA) is 72.3 Å². The fourth-order valence-electron chi connectivity index (χ4n) is 0.414. The molecule has 1 aliphatic rings. The Morgan fingerprint density at radius 1 is 1.00 bits per heavy atom. The first-order valence-corrected chi connectivity index (χ1v) is 3.13. The Balaban J connectivity index is 0.000000120. The van der Waals surface area contributed by atoms with Gasteiger partial charge in [-0.15, -0.1) is 0 Å². The predicted molar refractivity (Wildman–Crippen MR) is 41.7 cm³/mol. The molecule has 2 heterocycles. The Kier molecular flexibility index (Phi) is 3.91. The highest BCUT2D eigenvalue weighted by Gasteiger charge is 1.73. The molecule has 2 rings (SSSR count). The third kappa shape index (κ3) is 3.94. The lowest BCUT2D eigenvalue weighted by Crippen LogP contribution is -2.08. The van der Waals surface area contributed by atoms with Crippen LogP contribution in [-0.4, -0.2) is 21.3 Å². The summed E-state index contributed by atoms with van der Waals surface area (Å²) in [7, 11) is 0. The third-order valence-electron chi connectivity index (χ3n) is 0.810. The lowest BCUT2D eigenvalue weighted by Gasteiger charge is -1.96. The van der Waals surface area contributed by atoms with Crippen LogP contribution in [0.4, 0.5) is 0 Å². The second-order valence-electron chi connectivity index (χ2n) is 1.59. The van der Waals surface area contributed by atoms with E-state index in [4.69, 9.17) is 0 Å². The van der Waals surface area contributed by atoms with Crippen molar-refractivity contribution < 1.29 is 4.84 Å². The zero-order chi connectivity index (χ0) is 8.49. The molecule has 0 radical (unpaired) electrons. The molecule has 0 spiro atoms. The van der Waals surface area contributed by atoms with Crippen molar-refractivity contribution in [3.05, 3.63) is 31.4 Å². The van der Waals surface area contributed by atoms with Gasteiger partial charge >= 0.3 is 0 Å². The standard InChI is InChI=1S/C3H3N3.C3H4N2O/c1-4-2-6-3-5-1;1-2-6-5-3-4-1/h1-3H;1-3H,(H,4,5). The molecule has 0 aromatic carbocycles. The number of aliphatic imine (C=N–C) groups is 1. The molecule has 6 nitrogen and oxygen atoms in total. The van der Waals surface area contributed by atoms with Crippen molar-refractivity contribution in [1.29, 1.82) is 0 Å². The van der Waals surface area contributed by atoms with Crippen molar-refractivity contribution in [3.8, 4) is 0 Å². The first kappa shape index (κ1) is 8.12. The Bertz CT molecular complexity index is 209. The van der Waals surface area contributed by atoms with Gasteiger partial charge in [-0.05, 0) is 0 Å². The van der Waals surface area contributed by atoms with E-state index in [1.54, 1.807) is 6.20 Å². The molecule has 12 heavy (non-hydrogen) atoms. The number of aromatic nitrogens is 3. The van der Waals surface area contributed by atoms with E-state index < -0.39 is 0 Å². The van der Waals surface area contributed by atoms with Gasteiger partial charge < -0.3 is 4.84 Å². The minimum atomic E-state index is 1.44. The van der Waals surface area contributed by atoms with E-state index in [1.807, 2.05) is 0 Å². The van der Waals surface area contributed by atoms with E-state index in [9.17, 15) is 0 Å². The summed E-state index contributed by atoms with van der Waals surface area (Å²) >= 11 is 0. The van der Waals surface area contributed by atoms with Gasteiger partial charge in [0.2, 0.25) is 0 Å². The lowest BCUT2D eigenvalue weighted by atomic mass is 10.9. The van der Waals surface area contributed by atoms with Crippen LogP contribution in [0.5, 0.6) is 0 Å². The average molecular weight is 165 g/mol. The summed E-state index contributed by atoms with van der Waals surface area (Å²) in [6.45, 7) is 0.